The SMILES string of the molecule is CCOC(=O)CC(c1ccc(C)c(CN2CCOc3cccnc3C2)c1)c1ccc(N(C)N)c(N)c1C. The van der Waals surface area contributed by atoms with Crippen LogP contribution in [0.5, 0.6) is 5.75 Å². The normalized spacial score (nSPS) is 14.3. The molecule has 8 heteroatoms. The number of nitrogens with zero attached hydrogens (tertiary/aromatic N) is 3. The number of hydrogen-bond donors (Lipinski definition) is 2. The molecule has 4 N–H and O–H groups in total. The summed E-state index contributed by atoms with van der Waals surface area (Å²) in [6.45, 7) is 9.15. The van der Waals surface area contributed by atoms with E-state index < -0.39 is 0 Å². The highest BCUT2D eigenvalue weighted by Gasteiger charge is 2.24. The minimum Gasteiger partial charge on any atom is -0.490 e. The average molecular weight is 504 g/mol. The number of carbonyl (C=O) groups excluding carboxylic acids is 1. The van der Waals surface area contributed by atoms with Crippen LogP contribution in [0.1, 0.15) is 52.8 Å². The minimum absolute atomic E-state index is 0.201. The molecule has 1 aromatic heterocycles. The highest BCUT2D eigenvalue weighted by atomic mass is 16.5. The molecule has 3 aromatic rings. The van der Waals surface area contributed by atoms with Gasteiger partial charge in [-0.05, 0) is 66.8 Å². The molecule has 0 saturated carbocycles. The van der Waals surface area contributed by atoms with Crippen molar-refractivity contribution in [1.29, 1.82) is 0 Å². The van der Waals surface area contributed by atoms with E-state index >= 15 is 0 Å². The van der Waals surface area contributed by atoms with E-state index in [1.165, 1.54) is 16.1 Å². The zero-order chi connectivity index (χ0) is 26.5. The van der Waals surface area contributed by atoms with Gasteiger partial charge in [-0.2, -0.15) is 0 Å². The summed E-state index contributed by atoms with van der Waals surface area (Å²) in [6.07, 6.45) is 2.03. The van der Waals surface area contributed by atoms with Crippen molar-refractivity contribution in [3.05, 3.63) is 82.2 Å². The van der Waals surface area contributed by atoms with Gasteiger partial charge < -0.3 is 20.2 Å². The van der Waals surface area contributed by atoms with E-state index in [-0.39, 0.29) is 18.3 Å². The molecule has 1 aliphatic rings. The summed E-state index contributed by atoms with van der Waals surface area (Å²) >= 11 is 0. The lowest BCUT2D eigenvalue weighted by Gasteiger charge is -2.25. The molecule has 0 spiro atoms. The number of rotatable bonds is 8. The highest BCUT2D eigenvalue weighted by Crippen LogP contribution is 2.37. The molecular weight excluding hydrogens is 466 g/mol. The van der Waals surface area contributed by atoms with Gasteiger partial charge in [-0.1, -0.05) is 24.3 Å². The van der Waals surface area contributed by atoms with Gasteiger partial charge in [-0.15, -0.1) is 0 Å². The molecule has 37 heavy (non-hydrogen) atoms. The number of aromatic nitrogens is 1. The van der Waals surface area contributed by atoms with Crippen LogP contribution in [0.3, 0.4) is 0 Å². The lowest BCUT2D eigenvalue weighted by molar-refractivity contribution is -0.143. The maximum Gasteiger partial charge on any atom is 0.306 e. The van der Waals surface area contributed by atoms with Crippen LogP contribution >= 0.6 is 0 Å². The van der Waals surface area contributed by atoms with Gasteiger partial charge in [-0.3, -0.25) is 14.7 Å². The monoisotopic (exact) mass is 503 g/mol. The number of benzene rings is 2. The summed E-state index contributed by atoms with van der Waals surface area (Å²) in [7, 11) is 1.76. The third-order valence-corrected chi connectivity index (χ3v) is 7.02. The van der Waals surface area contributed by atoms with E-state index in [4.69, 9.17) is 21.1 Å². The first-order valence-electron chi connectivity index (χ1n) is 12.7. The Kier molecular flexibility index (Phi) is 8.31. The number of hydrogen-bond acceptors (Lipinski definition) is 8. The van der Waals surface area contributed by atoms with Gasteiger partial charge in [0, 0.05) is 38.8 Å². The van der Waals surface area contributed by atoms with Gasteiger partial charge in [0.05, 0.1) is 30.1 Å². The van der Waals surface area contributed by atoms with Gasteiger partial charge in [-0.25, -0.2) is 5.84 Å². The van der Waals surface area contributed by atoms with Crippen LogP contribution in [0.25, 0.3) is 0 Å². The predicted molar refractivity (Wildman–Crippen MR) is 146 cm³/mol. The highest BCUT2D eigenvalue weighted by molar-refractivity contribution is 5.75. The average Bonchev–Trinajstić information content (AvgIpc) is 3.07. The molecular formula is C29H37N5O3. The van der Waals surface area contributed by atoms with Crippen molar-refractivity contribution in [2.75, 3.05) is 37.5 Å². The molecule has 2 heterocycles. The van der Waals surface area contributed by atoms with Gasteiger partial charge in [0.2, 0.25) is 0 Å². The second-order valence-corrected chi connectivity index (χ2v) is 9.58. The lowest BCUT2D eigenvalue weighted by Crippen LogP contribution is -2.26. The molecule has 0 fully saturated rings. The summed E-state index contributed by atoms with van der Waals surface area (Å²) in [5.41, 5.74) is 14.1. The largest absolute Gasteiger partial charge is 0.490 e. The molecule has 1 atom stereocenters. The molecule has 0 radical (unpaired) electrons. The molecule has 4 rings (SSSR count). The molecule has 8 nitrogen and oxygen atoms in total. The minimum atomic E-state index is -0.236. The number of carbonyl (C=O) groups is 1. The fourth-order valence-corrected chi connectivity index (χ4v) is 4.91. The smallest absolute Gasteiger partial charge is 0.306 e. The Balaban J connectivity index is 1.68. The van der Waals surface area contributed by atoms with Crippen LogP contribution in [-0.4, -0.2) is 42.7 Å². The van der Waals surface area contributed by atoms with Crippen LogP contribution in [0.2, 0.25) is 0 Å². The molecule has 0 bridgehead atoms. The number of anilines is 2. The van der Waals surface area contributed by atoms with Crippen molar-refractivity contribution < 1.29 is 14.3 Å². The van der Waals surface area contributed by atoms with Crippen molar-refractivity contribution >= 4 is 17.3 Å². The number of ether oxygens (including phenoxy) is 2. The number of pyridine rings is 1. The van der Waals surface area contributed by atoms with Crippen LogP contribution in [-0.2, 0) is 22.6 Å². The first-order chi connectivity index (χ1) is 17.8. The van der Waals surface area contributed by atoms with Gasteiger partial charge in [0.25, 0.3) is 0 Å². The Morgan fingerprint density at radius 3 is 2.81 bits per heavy atom. The summed E-state index contributed by atoms with van der Waals surface area (Å²) < 4.78 is 11.2. The number of nitrogen functional groups attached to an aromatic ring is 1. The van der Waals surface area contributed by atoms with Gasteiger partial charge in [0.15, 0.2) is 0 Å². The fourth-order valence-electron chi connectivity index (χ4n) is 4.91. The third kappa shape index (κ3) is 6.03. The van der Waals surface area contributed by atoms with Gasteiger partial charge in [0.1, 0.15) is 12.4 Å². The van der Waals surface area contributed by atoms with E-state index in [1.807, 2.05) is 38.1 Å². The van der Waals surface area contributed by atoms with Crippen LogP contribution in [0.4, 0.5) is 11.4 Å². The predicted octanol–water partition coefficient (Wildman–Crippen LogP) is 4.07. The first-order valence-corrected chi connectivity index (χ1v) is 12.7. The number of fused-ring (bicyclic) bond motifs is 1. The van der Waals surface area contributed by atoms with Gasteiger partial charge >= 0.3 is 5.97 Å². The quantitative estimate of drug-likeness (QED) is 0.205. The topological polar surface area (TPSA) is 107 Å². The molecule has 1 unspecified atom stereocenters. The van der Waals surface area contributed by atoms with E-state index in [1.54, 1.807) is 13.2 Å². The Morgan fingerprint density at radius 2 is 2.05 bits per heavy atom. The van der Waals surface area contributed by atoms with Crippen molar-refractivity contribution in [3.63, 3.8) is 0 Å². The summed E-state index contributed by atoms with van der Waals surface area (Å²) in [6, 6.07) is 14.2. The van der Waals surface area contributed by atoms with Crippen LogP contribution in [0, 0.1) is 13.8 Å². The number of esters is 1. The number of nitrogens with two attached hydrogens (primary N) is 2. The van der Waals surface area contributed by atoms with E-state index in [9.17, 15) is 4.79 Å². The van der Waals surface area contributed by atoms with E-state index in [0.717, 1.165) is 53.5 Å². The maximum atomic E-state index is 12.7. The lowest BCUT2D eigenvalue weighted by atomic mass is 9.84. The van der Waals surface area contributed by atoms with Crippen molar-refractivity contribution in [1.82, 2.24) is 9.88 Å². The zero-order valence-electron chi connectivity index (χ0n) is 22.2. The molecule has 0 amide bonds. The summed E-state index contributed by atoms with van der Waals surface area (Å²) in [4.78, 5) is 19.6. The maximum absolute atomic E-state index is 12.7. The molecule has 196 valence electrons. The third-order valence-electron chi connectivity index (χ3n) is 7.02. The first kappa shape index (κ1) is 26.4. The Morgan fingerprint density at radius 1 is 1.24 bits per heavy atom. The van der Waals surface area contributed by atoms with Crippen molar-refractivity contribution in [2.24, 2.45) is 5.84 Å². The van der Waals surface area contributed by atoms with Crippen LogP contribution < -0.4 is 21.3 Å². The molecule has 1 aliphatic heterocycles. The zero-order valence-corrected chi connectivity index (χ0v) is 22.2. The Hall–Kier alpha value is -3.62. The van der Waals surface area contributed by atoms with E-state index in [2.05, 4.69) is 35.0 Å². The standard InChI is InChI=1S/C29H37N5O3/c1-5-36-28(35)16-24(23-10-11-26(33(4)31)29(30)20(23)3)21-9-8-19(2)22(15-21)17-34-13-14-37-27-7-6-12-32-25(27)18-34/h6-12,15,24H,5,13-14,16-18,30-31H2,1-4H3. The molecule has 2 aromatic carbocycles. The summed E-state index contributed by atoms with van der Waals surface area (Å²) in [5, 5.41) is 1.51. The second kappa shape index (κ2) is 11.6. The Labute approximate surface area is 219 Å². The number of aryl methyl sites for hydroxylation is 1. The second-order valence-electron chi connectivity index (χ2n) is 9.58. The van der Waals surface area contributed by atoms with Crippen LogP contribution in [0.15, 0.2) is 48.7 Å². The van der Waals surface area contributed by atoms with Crippen molar-refractivity contribution in [3.8, 4) is 5.75 Å². The van der Waals surface area contributed by atoms with Crippen molar-refractivity contribution in [2.45, 2.75) is 46.2 Å². The Bertz CT molecular complexity index is 1260. The number of hydrazine groups is 1. The fraction of sp³-hybridized carbons (Fsp3) is 0.379. The molecule has 0 aliphatic carbocycles. The summed E-state index contributed by atoms with van der Waals surface area (Å²) in [5.74, 6) is 6.38. The van der Waals surface area contributed by atoms with E-state index in [0.29, 0.717) is 18.9 Å². The molecule has 0 saturated heterocycles.